The third kappa shape index (κ3) is 2.70. The Morgan fingerprint density at radius 3 is 2.71 bits per heavy atom. The van der Waals surface area contributed by atoms with Crippen LogP contribution in [0.2, 0.25) is 0 Å². The lowest BCUT2D eigenvalue weighted by Crippen LogP contribution is -2.21. The number of anilines is 1. The van der Waals surface area contributed by atoms with Crippen molar-refractivity contribution in [3.05, 3.63) is 11.1 Å². The van der Waals surface area contributed by atoms with Gasteiger partial charge in [0.05, 0.1) is 11.5 Å². The van der Waals surface area contributed by atoms with Gasteiger partial charge in [0.25, 0.3) is 0 Å². The number of rotatable bonds is 5. The highest BCUT2D eigenvalue weighted by Gasteiger charge is 2.07. The quantitative estimate of drug-likeness (QED) is 0.573. The zero-order valence-electron chi connectivity index (χ0n) is 8.58. The predicted molar refractivity (Wildman–Crippen MR) is 61.3 cm³/mol. The molecule has 5 heteroatoms. The first-order valence-electron chi connectivity index (χ1n) is 4.69. The van der Waals surface area contributed by atoms with E-state index < -0.39 is 0 Å². The molecule has 1 heterocycles. The van der Waals surface area contributed by atoms with Crippen LogP contribution in [0.1, 0.15) is 19.5 Å². The van der Waals surface area contributed by atoms with Gasteiger partial charge in [-0.3, -0.25) is 5.41 Å². The van der Waals surface area contributed by atoms with Crippen LogP contribution in [0.5, 0.6) is 0 Å². The maximum Gasteiger partial charge on any atom is 0.185 e. The first kappa shape index (κ1) is 11.0. The van der Waals surface area contributed by atoms with Crippen molar-refractivity contribution >= 4 is 22.3 Å². The standard InChI is InChI=1S/C9H16N4S/c1-3-13(4-2)9-12-7(6-14-9)5-8(10)11/h6H,3-5H2,1-2H3,(H3,10,11). The molecule has 1 aromatic heterocycles. The topological polar surface area (TPSA) is 66.0 Å². The molecule has 0 atom stereocenters. The molecule has 0 saturated heterocycles. The van der Waals surface area contributed by atoms with Crippen LogP contribution in [0.15, 0.2) is 5.38 Å². The molecular formula is C9H16N4S. The molecule has 0 aliphatic carbocycles. The molecule has 78 valence electrons. The second-order valence-corrected chi connectivity index (χ2v) is 3.83. The van der Waals surface area contributed by atoms with E-state index in [0.29, 0.717) is 6.42 Å². The smallest absolute Gasteiger partial charge is 0.185 e. The highest BCUT2D eigenvalue weighted by molar-refractivity contribution is 7.13. The van der Waals surface area contributed by atoms with Crippen molar-refractivity contribution in [2.24, 2.45) is 5.73 Å². The highest BCUT2D eigenvalue weighted by atomic mass is 32.1. The van der Waals surface area contributed by atoms with Crippen LogP contribution >= 0.6 is 11.3 Å². The zero-order valence-corrected chi connectivity index (χ0v) is 9.40. The van der Waals surface area contributed by atoms with Gasteiger partial charge in [-0.25, -0.2) is 4.98 Å². The number of hydrogen-bond acceptors (Lipinski definition) is 4. The molecule has 0 bridgehead atoms. The average molecular weight is 212 g/mol. The Kier molecular flexibility index (Phi) is 3.88. The fourth-order valence-electron chi connectivity index (χ4n) is 1.21. The van der Waals surface area contributed by atoms with Gasteiger partial charge in [-0.15, -0.1) is 11.3 Å². The number of amidine groups is 1. The van der Waals surface area contributed by atoms with Crippen LogP contribution in [-0.4, -0.2) is 23.9 Å². The van der Waals surface area contributed by atoms with Gasteiger partial charge >= 0.3 is 0 Å². The monoisotopic (exact) mass is 212 g/mol. The van der Waals surface area contributed by atoms with Crippen molar-refractivity contribution in [3.63, 3.8) is 0 Å². The van der Waals surface area contributed by atoms with E-state index in [-0.39, 0.29) is 5.84 Å². The molecule has 0 aliphatic heterocycles. The van der Waals surface area contributed by atoms with E-state index in [0.717, 1.165) is 23.9 Å². The predicted octanol–water partition coefficient (Wildman–Crippen LogP) is 1.47. The van der Waals surface area contributed by atoms with Gasteiger partial charge in [0.1, 0.15) is 0 Å². The van der Waals surface area contributed by atoms with Crippen LogP contribution in [0.25, 0.3) is 0 Å². The Balaban J connectivity index is 2.71. The van der Waals surface area contributed by atoms with E-state index in [2.05, 4.69) is 23.7 Å². The molecule has 14 heavy (non-hydrogen) atoms. The van der Waals surface area contributed by atoms with Gasteiger partial charge in [-0.1, -0.05) is 0 Å². The molecule has 0 spiro atoms. The molecule has 0 radical (unpaired) electrons. The molecule has 0 fully saturated rings. The van der Waals surface area contributed by atoms with E-state index in [1.165, 1.54) is 0 Å². The average Bonchev–Trinajstić information content (AvgIpc) is 2.54. The van der Waals surface area contributed by atoms with Crippen LogP contribution in [0, 0.1) is 5.41 Å². The number of nitrogens with one attached hydrogen (secondary N) is 1. The Labute approximate surface area is 88.3 Å². The molecule has 0 saturated carbocycles. The van der Waals surface area contributed by atoms with E-state index in [9.17, 15) is 0 Å². The van der Waals surface area contributed by atoms with Crippen molar-refractivity contribution in [1.82, 2.24) is 4.98 Å². The van der Waals surface area contributed by atoms with Gasteiger partial charge in [0, 0.05) is 24.9 Å². The van der Waals surface area contributed by atoms with E-state index in [4.69, 9.17) is 11.1 Å². The van der Waals surface area contributed by atoms with Crippen molar-refractivity contribution in [2.75, 3.05) is 18.0 Å². The van der Waals surface area contributed by atoms with Gasteiger partial charge in [-0.05, 0) is 13.8 Å². The van der Waals surface area contributed by atoms with Gasteiger partial charge in [0.15, 0.2) is 5.13 Å². The second kappa shape index (κ2) is 4.95. The lowest BCUT2D eigenvalue weighted by Gasteiger charge is -2.16. The number of nitrogens with two attached hydrogens (primary N) is 1. The first-order chi connectivity index (χ1) is 6.67. The van der Waals surface area contributed by atoms with E-state index in [1.807, 2.05) is 5.38 Å². The molecule has 0 aliphatic rings. The summed E-state index contributed by atoms with van der Waals surface area (Å²) in [5, 5.41) is 10.2. The largest absolute Gasteiger partial charge is 0.387 e. The van der Waals surface area contributed by atoms with Gasteiger partial charge < -0.3 is 10.6 Å². The molecule has 1 rings (SSSR count). The summed E-state index contributed by atoms with van der Waals surface area (Å²) in [6.07, 6.45) is 0.456. The fourth-order valence-corrected chi connectivity index (χ4v) is 2.17. The van der Waals surface area contributed by atoms with E-state index >= 15 is 0 Å². The maximum absolute atomic E-state index is 7.17. The summed E-state index contributed by atoms with van der Waals surface area (Å²) in [4.78, 5) is 6.60. The fraction of sp³-hybridized carbons (Fsp3) is 0.556. The maximum atomic E-state index is 7.17. The highest BCUT2D eigenvalue weighted by Crippen LogP contribution is 2.20. The summed E-state index contributed by atoms with van der Waals surface area (Å²) in [5.74, 6) is 0.168. The minimum absolute atomic E-state index is 0.168. The molecule has 1 aromatic rings. The van der Waals surface area contributed by atoms with Crippen molar-refractivity contribution in [2.45, 2.75) is 20.3 Å². The van der Waals surface area contributed by atoms with Crippen LogP contribution < -0.4 is 10.6 Å². The van der Waals surface area contributed by atoms with Crippen LogP contribution in [0.3, 0.4) is 0 Å². The minimum atomic E-state index is 0.168. The molecule has 0 amide bonds. The van der Waals surface area contributed by atoms with Crippen LogP contribution in [-0.2, 0) is 6.42 Å². The number of thiazole rings is 1. The molecule has 3 N–H and O–H groups in total. The zero-order chi connectivity index (χ0) is 10.6. The molecular weight excluding hydrogens is 196 g/mol. The van der Waals surface area contributed by atoms with Crippen LogP contribution in [0.4, 0.5) is 5.13 Å². The minimum Gasteiger partial charge on any atom is -0.387 e. The number of aromatic nitrogens is 1. The number of nitrogens with zero attached hydrogens (tertiary/aromatic N) is 2. The SMILES string of the molecule is CCN(CC)c1nc(CC(=N)N)cs1. The summed E-state index contributed by atoms with van der Waals surface area (Å²) < 4.78 is 0. The Bertz CT molecular complexity index is 304. The molecule has 4 nitrogen and oxygen atoms in total. The first-order valence-corrected chi connectivity index (χ1v) is 5.57. The Morgan fingerprint density at radius 1 is 1.57 bits per heavy atom. The lowest BCUT2D eigenvalue weighted by molar-refractivity contribution is 0.856. The molecule has 0 unspecified atom stereocenters. The Morgan fingerprint density at radius 2 is 2.21 bits per heavy atom. The summed E-state index contributed by atoms with van der Waals surface area (Å²) >= 11 is 1.61. The lowest BCUT2D eigenvalue weighted by atomic mass is 10.3. The van der Waals surface area contributed by atoms with Crippen molar-refractivity contribution in [3.8, 4) is 0 Å². The number of hydrogen-bond donors (Lipinski definition) is 2. The molecule has 0 aromatic carbocycles. The summed E-state index contributed by atoms with van der Waals surface area (Å²) in [6, 6.07) is 0. The summed E-state index contributed by atoms with van der Waals surface area (Å²) in [7, 11) is 0. The summed E-state index contributed by atoms with van der Waals surface area (Å²) in [6.45, 7) is 6.14. The summed E-state index contributed by atoms with van der Waals surface area (Å²) in [5.41, 5.74) is 6.20. The third-order valence-electron chi connectivity index (χ3n) is 1.95. The van der Waals surface area contributed by atoms with Gasteiger partial charge in [0.2, 0.25) is 0 Å². The van der Waals surface area contributed by atoms with E-state index in [1.54, 1.807) is 11.3 Å². The van der Waals surface area contributed by atoms with Gasteiger partial charge in [-0.2, -0.15) is 0 Å². The second-order valence-electron chi connectivity index (χ2n) is 3.00. The normalized spacial score (nSPS) is 10.1. The third-order valence-corrected chi connectivity index (χ3v) is 2.90. The van der Waals surface area contributed by atoms with Crippen molar-refractivity contribution < 1.29 is 0 Å². The van der Waals surface area contributed by atoms with Crippen molar-refractivity contribution in [1.29, 1.82) is 5.41 Å². The Hall–Kier alpha value is -1.10.